The lowest BCUT2D eigenvalue weighted by Gasteiger charge is -2.05. The largest absolute Gasteiger partial charge is 0.347 e. The van der Waals surface area contributed by atoms with Crippen molar-refractivity contribution >= 4 is 17.5 Å². The van der Waals surface area contributed by atoms with Crippen LogP contribution in [0.1, 0.15) is 16.1 Å². The van der Waals surface area contributed by atoms with Gasteiger partial charge in [0.05, 0.1) is 0 Å². The van der Waals surface area contributed by atoms with E-state index in [0.717, 1.165) is 10.2 Å². The molecule has 0 saturated carbocycles. The van der Waals surface area contributed by atoms with Gasteiger partial charge in [0, 0.05) is 24.7 Å². The van der Waals surface area contributed by atoms with E-state index in [0.29, 0.717) is 11.6 Å². The summed E-state index contributed by atoms with van der Waals surface area (Å²) in [6.45, 7) is 0.351. The summed E-state index contributed by atoms with van der Waals surface area (Å²) in [6.07, 6.45) is 0. The van der Waals surface area contributed by atoms with E-state index >= 15 is 0 Å². The van der Waals surface area contributed by atoms with Gasteiger partial charge in [-0.1, -0.05) is 23.7 Å². The molecule has 1 amide bonds. The van der Waals surface area contributed by atoms with Crippen LogP contribution in [0.4, 0.5) is 0 Å². The zero-order valence-corrected chi connectivity index (χ0v) is 11.0. The second kappa shape index (κ2) is 5.67. The van der Waals surface area contributed by atoms with Crippen molar-refractivity contribution in [3.8, 4) is 0 Å². The maximum absolute atomic E-state index is 11.8. The van der Waals surface area contributed by atoms with Crippen molar-refractivity contribution < 1.29 is 4.79 Å². The van der Waals surface area contributed by atoms with Gasteiger partial charge in [0.1, 0.15) is 5.69 Å². The summed E-state index contributed by atoms with van der Waals surface area (Å²) in [5.74, 6) is -0.337. The molecule has 1 aromatic heterocycles. The van der Waals surface area contributed by atoms with Crippen LogP contribution in [-0.2, 0) is 13.6 Å². The molecule has 1 aromatic carbocycles. The summed E-state index contributed by atoms with van der Waals surface area (Å²) in [7, 11) is 1.50. The quantitative estimate of drug-likeness (QED) is 0.921. The van der Waals surface area contributed by atoms with Gasteiger partial charge in [-0.3, -0.25) is 9.59 Å². The fourth-order valence-electron chi connectivity index (χ4n) is 1.54. The molecule has 6 heteroatoms. The van der Waals surface area contributed by atoms with Crippen LogP contribution in [0.15, 0.2) is 41.2 Å². The molecule has 0 radical (unpaired) electrons. The predicted octanol–water partition coefficient (Wildman–Crippen LogP) is 1.36. The highest BCUT2D eigenvalue weighted by Gasteiger charge is 2.08. The molecule has 1 N–H and O–H groups in total. The Kier molecular flexibility index (Phi) is 3.97. The number of hydrogen-bond donors (Lipinski definition) is 1. The number of nitrogens with one attached hydrogen (secondary N) is 1. The summed E-state index contributed by atoms with van der Waals surface area (Å²) in [5.41, 5.74) is 0.834. The third-order valence-corrected chi connectivity index (χ3v) is 2.77. The smallest absolute Gasteiger partial charge is 0.271 e. The Bertz CT molecular complexity index is 667. The first kappa shape index (κ1) is 13.3. The van der Waals surface area contributed by atoms with Gasteiger partial charge in [-0.15, -0.1) is 0 Å². The number of hydrogen-bond acceptors (Lipinski definition) is 3. The highest BCUT2D eigenvalue weighted by molar-refractivity contribution is 6.30. The molecule has 2 rings (SSSR count). The van der Waals surface area contributed by atoms with E-state index in [1.54, 1.807) is 12.1 Å². The molecular formula is C13H12ClN3O2. The zero-order chi connectivity index (χ0) is 13.8. The standard InChI is InChI=1S/C13H12ClN3O2/c1-17-12(18)6-5-11(16-17)13(19)15-8-9-3-2-4-10(14)7-9/h2-7H,8H2,1H3,(H,15,19). The first-order valence-electron chi connectivity index (χ1n) is 5.63. The highest BCUT2D eigenvalue weighted by atomic mass is 35.5. The SMILES string of the molecule is Cn1nc(C(=O)NCc2cccc(Cl)c2)ccc1=O. The van der Waals surface area contributed by atoms with Crippen molar-refractivity contribution in [2.45, 2.75) is 6.54 Å². The highest BCUT2D eigenvalue weighted by Crippen LogP contribution is 2.10. The fourth-order valence-corrected chi connectivity index (χ4v) is 1.76. The van der Waals surface area contributed by atoms with Crippen LogP contribution < -0.4 is 10.9 Å². The van der Waals surface area contributed by atoms with Crippen LogP contribution in [0.2, 0.25) is 5.02 Å². The predicted molar refractivity (Wildman–Crippen MR) is 72.1 cm³/mol. The number of benzene rings is 1. The van der Waals surface area contributed by atoms with Gasteiger partial charge in [0.15, 0.2) is 0 Å². The van der Waals surface area contributed by atoms with Crippen LogP contribution in [0.3, 0.4) is 0 Å². The summed E-state index contributed by atoms with van der Waals surface area (Å²) in [5, 5.41) is 7.20. The van der Waals surface area contributed by atoms with Crippen molar-refractivity contribution in [3.63, 3.8) is 0 Å². The lowest BCUT2D eigenvalue weighted by atomic mass is 10.2. The van der Waals surface area contributed by atoms with E-state index in [2.05, 4.69) is 10.4 Å². The minimum Gasteiger partial charge on any atom is -0.347 e. The molecule has 0 fully saturated rings. The Hall–Kier alpha value is -2.14. The van der Waals surface area contributed by atoms with Crippen molar-refractivity contribution in [3.05, 3.63) is 63.0 Å². The third kappa shape index (κ3) is 3.42. The van der Waals surface area contributed by atoms with Crippen LogP contribution in [-0.4, -0.2) is 15.7 Å². The molecule has 2 aromatic rings. The molecular weight excluding hydrogens is 266 g/mol. The van der Waals surface area contributed by atoms with Crippen LogP contribution in [0, 0.1) is 0 Å². The van der Waals surface area contributed by atoms with Crippen molar-refractivity contribution in [2.24, 2.45) is 7.05 Å². The average Bonchev–Trinajstić information content (AvgIpc) is 2.39. The molecule has 19 heavy (non-hydrogen) atoms. The average molecular weight is 278 g/mol. The van der Waals surface area contributed by atoms with E-state index < -0.39 is 0 Å². The molecule has 0 aliphatic carbocycles. The lowest BCUT2D eigenvalue weighted by molar-refractivity contribution is 0.0943. The number of amides is 1. The maximum atomic E-state index is 11.8. The summed E-state index contributed by atoms with van der Waals surface area (Å²) in [4.78, 5) is 23.0. The van der Waals surface area contributed by atoms with E-state index in [1.165, 1.54) is 19.2 Å². The number of carbonyl (C=O) groups excluding carboxylic acids is 1. The van der Waals surface area contributed by atoms with E-state index in [4.69, 9.17) is 11.6 Å². The molecule has 0 atom stereocenters. The van der Waals surface area contributed by atoms with E-state index in [9.17, 15) is 9.59 Å². The number of halogens is 1. The van der Waals surface area contributed by atoms with Gasteiger partial charge in [-0.25, -0.2) is 4.68 Å². The molecule has 0 spiro atoms. The number of carbonyl (C=O) groups is 1. The zero-order valence-electron chi connectivity index (χ0n) is 10.3. The molecule has 0 unspecified atom stereocenters. The normalized spacial score (nSPS) is 10.2. The minimum atomic E-state index is -0.337. The summed E-state index contributed by atoms with van der Waals surface area (Å²) in [6, 6.07) is 9.92. The number of aryl methyl sites for hydroxylation is 1. The molecule has 0 aliphatic heterocycles. The second-order valence-electron chi connectivity index (χ2n) is 3.99. The maximum Gasteiger partial charge on any atom is 0.271 e. The number of nitrogens with zero attached hydrogens (tertiary/aromatic N) is 2. The van der Waals surface area contributed by atoms with Crippen molar-refractivity contribution in [1.82, 2.24) is 15.1 Å². The topological polar surface area (TPSA) is 64.0 Å². The molecule has 5 nitrogen and oxygen atoms in total. The van der Waals surface area contributed by atoms with Crippen LogP contribution in [0.5, 0.6) is 0 Å². The lowest BCUT2D eigenvalue weighted by Crippen LogP contribution is -2.28. The summed E-state index contributed by atoms with van der Waals surface area (Å²) < 4.78 is 1.12. The van der Waals surface area contributed by atoms with Crippen LogP contribution >= 0.6 is 11.6 Å². The molecule has 0 aliphatic rings. The molecule has 0 bridgehead atoms. The van der Waals surface area contributed by atoms with E-state index in [1.807, 2.05) is 12.1 Å². The van der Waals surface area contributed by atoms with Gasteiger partial charge in [-0.05, 0) is 23.8 Å². The Morgan fingerprint density at radius 3 is 2.84 bits per heavy atom. The van der Waals surface area contributed by atoms with Gasteiger partial charge >= 0.3 is 0 Å². The Labute approximate surface area is 114 Å². The second-order valence-corrected chi connectivity index (χ2v) is 4.43. The van der Waals surface area contributed by atoms with Gasteiger partial charge in [-0.2, -0.15) is 5.10 Å². The van der Waals surface area contributed by atoms with Crippen molar-refractivity contribution in [1.29, 1.82) is 0 Å². The first-order chi connectivity index (χ1) is 9.06. The van der Waals surface area contributed by atoms with Gasteiger partial charge in [0.2, 0.25) is 0 Å². The monoisotopic (exact) mass is 277 g/mol. The number of rotatable bonds is 3. The fraction of sp³-hybridized carbons (Fsp3) is 0.154. The molecule has 98 valence electrons. The first-order valence-corrected chi connectivity index (χ1v) is 6.01. The van der Waals surface area contributed by atoms with Gasteiger partial charge in [0.25, 0.3) is 11.5 Å². The van der Waals surface area contributed by atoms with Crippen LogP contribution in [0.25, 0.3) is 0 Å². The Morgan fingerprint density at radius 2 is 2.16 bits per heavy atom. The Morgan fingerprint density at radius 1 is 1.37 bits per heavy atom. The molecule has 0 saturated heterocycles. The summed E-state index contributed by atoms with van der Waals surface area (Å²) >= 11 is 5.85. The van der Waals surface area contributed by atoms with E-state index in [-0.39, 0.29) is 17.2 Å². The number of aromatic nitrogens is 2. The van der Waals surface area contributed by atoms with Gasteiger partial charge < -0.3 is 5.32 Å². The minimum absolute atomic E-state index is 0.198. The van der Waals surface area contributed by atoms with Crippen molar-refractivity contribution in [2.75, 3.05) is 0 Å². The third-order valence-electron chi connectivity index (χ3n) is 2.54. The molecule has 1 heterocycles. The Balaban J connectivity index is 2.05.